The lowest BCUT2D eigenvalue weighted by atomic mass is 10.1. The number of carboxylic acid groups (broad SMARTS) is 1. The Bertz CT molecular complexity index is 685. The second-order valence-corrected chi connectivity index (χ2v) is 5.13. The summed E-state index contributed by atoms with van der Waals surface area (Å²) in [6.45, 7) is 0. The van der Waals surface area contributed by atoms with Gasteiger partial charge >= 0.3 is 5.97 Å². The van der Waals surface area contributed by atoms with E-state index in [9.17, 15) is 14.7 Å². The SMILES string of the molecule is O=C(O)c1ccc(NC(=O)c2ccccc2I)cc1O. The topological polar surface area (TPSA) is 86.6 Å². The first-order chi connectivity index (χ1) is 9.49. The van der Waals surface area contributed by atoms with Gasteiger partial charge in [-0.25, -0.2) is 4.79 Å². The molecular weight excluding hydrogens is 373 g/mol. The van der Waals surface area contributed by atoms with Crippen LogP contribution in [0.3, 0.4) is 0 Å². The lowest BCUT2D eigenvalue weighted by Crippen LogP contribution is -2.13. The second kappa shape index (κ2) is 5.91. The zero-order valence-electron chi connectivity index (χ0n) is 10.1. The molecule has 2 aromatic carbocycles. The van der Waals surface area contributed by atoms with Crippen molar-refractivity contribution in [2.45, 2.75) is 0 Å². The maximum atomic E-state index is 12.1. The minimum atomic E-state index is -1.22. The maximum absolute atomic E-state index is 12.1. The highest BCUT2D eigenvalue weighted by molar-refractivity contribution is 14.1. The summed E-state index contributed by atoms with van der Waals surface area (Å²) in [5, 5.41) is 21.0. The molecule has 0 radical (unpaired) electrons. The van der Waals surface area contributed by atoms with Crippen LogP contribution in [0.1, 0.15) is 20.7 Å². The molecule has 102 valence electrons. The number of aromatic hydroxyl groups is 1. The van der Waals surface area contributed by atoms with Crippen molar-refractivity contribution in [1.29, 1.82) is 0 Å². The second-order valence-electron chi connectivity index (χ2n) is 3.97. The number of rotatable bonds is 3. The maximum Gasteiger partial charge on any atom is 0.339 e. The van der Waals surface area contributed by atoms with E-state index in [4.69, 9.17) is 5.11 Å². The summed E-state index contributed by atoms with van der Waals surface area (Å²) >= 11 is 2.05. The number of carbonyl (C=O) groups excluding carboxylic acids is 1. The van der Waals surface area contributed by atoms with Crippen LogP contribution in [0, 0.1) is 3.57 Å². The quantitative estimate of drug-likeness (QED) is 0.712. The molecule has 0 aliphatic carbocycles. The fourth-order valence-corrected chi connectivity index (χ4v) is 2.27. The molecule has 0 unspecified atom stereocenters. The van der Waals surface area contributed by atoms with Gasteiger partial charge in [0, 0.05) is 15.3 Å². The van der Waals surface area contributed by atoms with Gasteiger partial charge in [-0.3, -0.25) is 4.79 Å². The first-order valence-electron chi connectivity index (χ1n) is 5.61. The predicted molar refractivity (Wildman–Crippen MR) is 82.2 cm³/mol. The highest BCUT2D eigenvalue weighted by atomic mass is 127. The number of amides is 1. The van der Waals surface area contributed by atoms with Gasteiger partial charge in [-0.15, -0.1) is 0 Å². The van der Waals surface area contributed by atoms with Crippen molar-refractivity contribution in [1.82, 2.24) is 0 Å². The number of nitrogens with one attached hydrogen (secondary N) is 1. The summed E-state index contributed by atoms with van der Waals surface area (Å²) in [5.41, 5.74) is 0.629. The van der Waals surface area contributed by atoms with Crippen LogP contribution in [0.4, 0.5) is 5.69 Å². The number of carboxylic acids is 1. The van der Waals surface area contributed by atoms with Crippen LogP contribution in [0.15, 0.2) is 42.5 Å². The van der Waals surface area contributed by atoms with E-state index in [1.54, 1.807) is 18.2 Å². The first kappa shape index (κ1) is 14.3. The molecule has 0 atom stereocenters. The average Bonchev–Trinajstić information content (AvgIpc) is 2.38. The standard InChI is InChI=1S/C14H10INO4/c15-11-4-2-1-3-9(11)13(18)16-8-5-6-10(14(19)20)12(17)7-8/h1-7,17H,(H,16,18)(H,19,20). The fraction of sp³-hybridized carbons (Fsp3) is 0. The van der Waals surface area contributed by atoms with Gasteiger partial charge in [0.25, 0.3) is 5.91 Å². The number of hydrogen-bond acceptors (Lipinski definition) is 3. The zero-order valence-corrected chi connectivity index (χ0v) is 12.3. The molecule has 0 bridgehead atoms. The van der Waals surface area contributed by atoms with E-state index in [0.29, 0.717) is 11.3 Å². The molecule has 0 fully saturated rings. The Hall–Kier alpha value is -2.09. The molecule has 0 aliphatic heterocycles. The van der Waals surface area contributed by atoms with Crippen LogP contribution in [0.2, 0.25) is 0 Å². The van der Waals surface area contributed by atoms with Crippen molar-refractivity contribution in [3.05, 3.63) is 57.2 Å². The van der Waals surface area contributed by atoms with E-state index in [1.807, 2.05) is 6.07 Å². The minimum absolute atomic E-state index is 0.211. The summed E-state index contributed by atoms with van der Waals surface area (Å²) in [5.74, 6) is -1.94. The van der Waals surface area contributed by atoms with Gasteiger partial charge in [-0.2, -0.15) is 0 Å². The third-order valence-electron chi connectivity index (χ3n) is 2.60. The Morgan fingerprint density at radius 3 is 2.35 bits per heavy atom. The van der Waals surface area contributed by atoms with E-state index in [1.165, 1.54) is 18.2 Å². The summed E-state index contributed by atoms with van der Waals surface area (Å²) in [4.78, 5) is 22.8. The van der Waals surface area contributed by atoms with Crippen molar-refractivity contribution < 1.29 is 19.8 Å². The summed E-state index contributed by atoms with van der Waals surface area (Å²) in [7, 11) is 0. The molecular formula is C14H10INO4. The largest absolute Gasteiger partial charge is 0.507 e. The van der Waals surface area contributed by atoms with Crippen molar-refractivity contribution in [3.8, 4) is 5.75 Å². The Balaban J connectivity index is 2.23. The van der Waals surface area contributed by atoms with E-state index < -0.39 is 11.7 Å². The number of anilines is 1. The molecule has 5 nitrogen and oxygen atoms in total. The Morgan fingerprint density at radius 2 is 1.75 bits per heavy atom. The summed E-state index contributed by atoms with van der Waals surface area (Å²) in [6.07, 6.45) is 0. The summed E-state index contributed by atoms with van der Waals surface area (Å²) in [6, 6.07) is 10.9. The number of phenols is 1. The van der Waals surface area contributed by atoms with Crippen molar-refractivity contribution in [2.24, 2.45) is 0 Å². The molecule has 0 heterocycles. The van der Waals surface area contributed by atoms with Crippen molar-refractivity contribution >= 4 is 40.2 Å². The number of halogens is 1. The number of carbonyl (C=O) groups is 2. The molecule has 20 heavy (non-hydrogen) atoms. The highest BCUT2D eigenvalue weighted by Crippen LogP contribution is 2.23. The molecule has 0 saturated heterocycles. The molecule has 2 rings (SSSR count). The number of aromatic carboxylic acids is 1. The van der Waals surface area contributed by atoms with Crippen LogP contribution in [0.25, 0.3) is 0 Å². The van der Waals surface area contributed by atoms with Gasteiger partial charge in [-0.05, 0) is 46.9 Å². The average molecular weight is 383 g/mol. The van der Waals surface area contributed by atoms with Crippen LogP contribution in [-0.4, -0.2) is 22.1 Å². The van der Waals surface area contributed by atoms with Gasteiger partial charge in [0.1, 0.15) is 11.3 Å². The first-order valence-corrected chi connectivity index (χ1v) is 6.69. The van der Waals surface area contributed by atoms with E-state index in [0.717, 1.165) is 3.57 Å². The van der Waals surface area contributed by atoms with Crippen LogP contribution in [0.5, 0.6) is 5.75 Å². The zero-order chi connectivity index (χ0) is 14.7. The Kier molecular flexibility index (Phi) is 4.23. The minimum Gasteiger partial charge on any atom is -0.507 e. The van der Waals surface area contributed by atoms with E-state index in [-0.39, 0.29) is 11.5 Å². The van der Waals surface area contributed by atoms with Gasteiger partial charge in [0.15, 0.2) is 0 Å². The van der Waals surface area contributed by atoms with Crippen LogP contribution < -0.4 is 5.32 Å². The van der Waals surface area contributed by atoms with Crippen molar-refractivity contribution in [3.63, 3.8) is 0 Å². The summed E-state index contributed by atoms with van der Waals surface area (Å²) < 4.78 is 0.800. The van der Waals surface area contributed by atoms with Gasteiger partial charge in [0.05, 0.1) is 5.56 Å². The smallest absolute Gasteiger partial charge is 0.339 e. The molecule has 3 N–H and O–H groups in total. The molecule has 1 amide bonds. The van der Waals surface area contributed by atoms with Gasteiger partial charge in [-0.1, -0.05) is 12.1 Å². The molecule has 6 heteroatoms. The monoisotopic (exact) mass is 383 g/mol. The predicted octanol–water partition coefficient (Wildman–Crippen LogP) is 2.95. The molecule has 0 spiro atoms. The van der Waals surface area contributed by atoms with Gasteiger partial charge in [0.2, 0.25) is 0 Å². The molecule has 0 saturated carbocycles. The molecule has 2 aromatic rings. The van der Waals surface area contributed by atoms with E-state index in [2.05, 4.69) is 27.9 Å². The fourth-order valence-electron chi connectivity index (χ4n) is 1.63. The van der Waals surface area contributed by atoms with Crippen LogP contribution in [-0.2, 0) is 0 Å². The molecule has 0 aliphatic rings. The van der Waals surface area contributed by atoms with Crippen molar-refractivity contribution in [2.75, 3.05) is 5.32 Å². The van der Waals surface area contributed by atoms with Crippen LogP contribution >= 0.6 is 22.6 Å². The molecule has 0 aromatic heterocycles. The third-order valence-corrected chi connectivity index (χ3v) is 3.55. The lowest BCUT2D eigenvalue weighted by Gasteiger charge is -2.08. The Morgan fingerprint density at radius 1 is 1.05 bits per heavy atom. The van der Waals surface area contributed by atoms with E-state index >= 15 is 0 Å². The highest BCUT2D eigenvalue weighted by Gasteiger charge is 2.13. The lowest BCUT2D eigenvalue weighted by molar-refractivity contribution is 0.0693. The third kappa shape index (κ3) is 3.08. The Labute approximate surface area is 128 Å². The van der Waals surface area contributed by atoms with Gasteiger partial charge < -0.3 is 15.5 Å². The number of benzene rings is 2. The normalized spacial score (nSPS) is 10.1. The number of hydrogen-bond donors (Lipinski definition) is 3.